The summed E-state index contributed by atoms with van der Waals surface area (Å²) in [6.07, 6.45) is -0.676. The maximum atomic E-state index is 10.3. The van der Waals surface area contributed by atoms with Crippen molar-refractivity contribution in [2.24, 2.45) is 0 Å². The maximum Gasteiger partial charge on any atom is 0.125 e. The minimum absolute atomic E-state index is 0.676. The van der Waals surface area contributed by atoms with Gasteiger partial charge in [0.05, 0.1) is 10.9 Å². The molecule has 2 rings (SSSR count). The van der Waals surface area contributed by atoms with Crippen LogP contribution in [0.15, 0.2) is 37.9 Å². The molecular formula is C12H10Br2O2S. The second kappa shape index (κ2) is 5.52. The Bertz CT molecular complexity index is 525. The van der Waals surface area contributed by atoms with E-state index in [0.717, 1.165) is 19.4 Å². The predicted octanol–water partition coefficient (Wildman–Crippen LogP) is 4.36. The van der Waals surface area contributed by atoms with Crippen molar-refractivity contribution >= 4 is 43.2 Å². The van der Waals surface area contributed by atoms with Crippen LogP contribution in [0, 0.1) is 0 Å². The maximum absolute atomic E-state index is 10.3. The lowest BCUT2D eigenvalue weighted by atomic mass is 10.0. The Kier molecular flexibility index (Phi) is 4.25. The van der Waals surface area contributed by atoms with Gasteiger partial charge in [-0.15, -0.1) is 11.3 Å². The highest BCUT2D eigenvalue weighted by Gasteiger charge is 2.17. The summed E-state index contributed by atoms with van der Waals surface area (Å²) in [5.74, 6) is 0.683. The van der Waals surface area contributed by atoms with E-state index in [0.29, 0.717) is 5.75 Å². The molecule has 0 bridgehead atoms. The van der Waals surface area contributed by atoms with Gasteiger partial charge in [0.2, 0.25) is 0 Å². The first-order chi connectivity index (χ1) is 8.11. The third-order valence-electron chi connectivity index (χ3n) is 2.39. The second-order valence-corrected chi connectivity index (χ2v) is 6.68. The van der Waals surface area contributed by atoms with Crippen LogP contribution in [0.2, 0.25) is 0 Å². The number of hydrogen-bond donors (Lipinski definition) is 1. The molecule has 2 aromatic rings. The fraction of sp³-hybridized carbons (Fsp3) is 0.167. The Morgan fingerprint density at radius 2 is 2.06 bits per heavy atom. The van der Waals surface area contributed by atoms with Crippen molar-refractivity contribution in [3.05, 3.63) is 49.0 Å². The van der Waals surface area contributed by atoms with Crippen LogP contribution in [0.4, 0.5) is 0 Å². The number of hydrogen-bond acceptors (Lipinski definition) is 3. The van der Waals surface area contributed by atoms with Gasteiger partial charge in [-0.2, -0.15) is 0 Å². The largest absolute Gasteiger partial charge is 0.496 e. The topological polar surface area (TPSA) is 29.5 Å². The van der Waals surface area contributed by atoms with E-state index in [1.165, 1.54) is 0 Å². The van der Waals surface area contributed by atoms with Crippen molar-refractivity contribution < 1.29 is 9.84 Å². The lowest BCUT2D eigenvalue weighted by molar-refractivity contribution is 0.215. The monoisotopic (exact) mass is 376 g/mol. The molecule has 2 nitrogen and oxygen atoms in total. The van der Waals surface area contributed by atoms with E-state index in [1.807, 2.05) is 29.6 Å². The summed E-state index contributed by atoms with van der Waals surface area (Å²) in [4.78, 5) is 0. The van der Waals surface area contributed by atoms with Crippen molar-refractivity contribution in [3.8, 4) is 5.75 Å². The number of thiophene rings is 1. The fourth-order valence-corrected chi connectivity index (χ4v) is 3.14. The minimum atomic E-state index is -0.676. The van der Waals surface area contributed by atoms with Gasteiger partial charge >= 0.3 is 0 Å². The smallest absolute Gasteiger partial charge is 0.125 e. The van der Waals surface area contributed by atoms with Gasteiger partial charge in [-0.1, -0.05) is 15.9 Å². The van der Waals surface area contributed by atoms with Gasteiger partial charge in [-0.3, -0.25) is 0 Å². The van der Waals surface area contributed by atoms with Crippen LogP contribution in [0.25, 0.3) is 0 Å². The summed E-state index contributed by atoms with van der Waals surface area (Å²) in [6, 6.07) is 7.51. The highest BCUT2D eigenvalue weighted by Crippen LogP contribution is 2.35. The molecule has 0 aliphatic heterocycles. The number of ether oxygens (including phenoxy) is 1. The third kappa shape index (κ3) is 2.91. The van der Waals surface area contributed by atoms with Gasteiger partial charge in [-0.25, -0.2) is 0 Å². The van der Waals surface area contributed by atoms with Crippen LogP contribution < -0.4 is 4.74 Å². The molecule has 5 heteroatoms. The van der Waals surface area contributed by atoms with E-state index in [9.17, 15) is 5.11 Å². The van der Waals surface area contributed by atoms with Gasteiger partial charge in [-0.05, 0) is 51.1 Å². The molecule has 0 saturated heterocycles. The van der Waals surface area contributed by atoms with Gasteiger partial charge in [0.15, 0.2) is 0 Å². The highest BCUT2D eigenvalue weighted by molar-refractivity contribution is 9.11. The normalized spacial score (nSPS) is 12.5. The number of methoxy groups -OCH3 is 1. The predicted molar refractivity (Wildman–Crippen MR) is 76.8 cm³/mol. The van der Waals surface area contributed by atoms with Crippen molar-refractivity contribution in [1.29, 1.82) is 0 Å². The lowest BCUT2D eigenvalue weighted by Gasteiger charge is -2.14. The van der Waals surface area contributed by atoms with E-state index in [-0.39, 0.29) is 0 Å². The van der Waals surface area contributed by atoms with Gasteiger partial charge < -0.3 is 9.84 Å². The molecule has 90 valence electrons. The summed E-state index contributed by atoms with van der Waals surface area (Å²) in [6.45, 7) is 0. The van der Waals surface area contributed by atoms with Crippen LogP contribution in [0.3, 0.4) is 0 Å². The molecule has 0 saturated carbocycles. The lowest BCUT2D eigenvalue weighted by Crippen LogP contribution is -2.01. The highest BCUT2D eigenvalue weighted by atomic mass is 79.9. The summed E-state index contributed by atoms with van der Waals surface area (Å²) >= 11 is 8.34. The molecule has 1 aromatic carbocycles. The van der Waals surface area contributed by atoms with Crippen LogP contribution >= 0.6 is 43.2 Å². The third-order valence-corrected chi connectivity index (χ3v) is 4.41. The molecule has 0 amide bonds. The molecule has 1 atom stereocenters. The van der Waals surface area contributed by atoms with Crippen LogP contribution in [0.1, 0.15) is 17.2 Å². The van der Waals surface area contributed by atoms with E-state index in [1.54, 1.807) is 18.4 Å². The Morgan fingerprint density at radius 3 is 2.65 bits per heavy atom. The van der Waals surface area contributed by atoms with Crippen molar-refractivity contribution in [3.63, 3.8) is 0 Å². The van der Waals surface area contributed by atoms with E-state index in [4.69, 9.17) is 4.74 Å². The molecule has 1 heterocycles. The van der Waals surface area contributed by atoms with Crippen LogP contribution in [-0.2, 0) is 0 Å². The number of halogens is 2. The number of rotatable bonds is 3. The minimum Gasteiger partial charge on any atom is -0.496 e. The number of benzene rings is 1. The first kappa shape index (κ1) is 13.1. The zero-order valence-corrected chi connectivity index (χ0v) is 13.0. The van der Waals surface area contributed by atoms with Gasteiger partial charge in [0.1, 0.15) is 11.9 Å². The molecule has 0 aliphatic rings. The summed E-state index contributed by atoms with van der Waals surface area (Å²) in [7, 11) is 1.60. The average molecular weight is 378 g/mol. The van der Waals surface area contributed by atoms with Crippen LogP contribution in [-0.4, -0.2) is 12.2 Å². The SMILES string of the molecule is COc1ccc(Br)cc1C(O)c1csc(Br)c1. The zero-order valence-electron chi connectivity index (χ0n) is 8.98. The second-order valence-electron chi connectivity index (χ2n) is 3.47. The molecule has 17 heavy (non-hydrogen) atoms. The molecule has 1 unspecified atom stereocenters. The van der Waals surface area contributed by atoms with Gasteiger partial charge in [0, 0.05) is 10.0 Å². The summed E-state index contributed by atoms with van der Waals surface area (Å²) in [5, 5.41) is 12.3. The quantitative estimate of drug-likeness (QED) is 0.860. The Balaban J connectivity index is 2.42. The fourth-order valence-electron chi connectivity index (χ4n) is 1.57. The summed E-state index contributed by atoms with van der Waals surface area (Å²) in [5.41, 5.74) is 1.62. The molecular weight excluding hydrogens is 368 g/mol. The van der Waals surface area contributed by atoms with E-state index < -0.39 is 6.10 Å². The first-order valence-corrected chi connectivity index (χ1v) is 7.34. The summed E-state index contributed by atoms with van der Waals surface area (Å²) < 4.78 is 7.18. The first-order valence-electron chi connectivity index (χ1n) is 4.87. The number of aliphatic hydroxyl groups is 1. The van der Waals surface area contributed by atoms with Crippen molar-refractivity contribution in [2.45, 2.75) is 6.10 Å². The van der Waals surface area contributed by atoms with Crippen molar-refractivity contribution in [1.82, 2.24) is 0 Å². The number of aliphatic hydroxyl groups excluding tert-OH is 1. The van der Waals surface area contributed by atoms with E-state index in [2.05, 4.69) is 31.9 Å². The average Bonchev–Trinajstić information content (AvgIpc) is 2.75. The Labute approximate surface area is 121 Å². The molecule has 0 fully saturated rings. The molecule has 1 aromatic heterocycles. The molecule has 1 N–H and O–H groups in total. The molecule has 0 radical (unpaired) electrons. The molecule has 0 aliphatic carbocycles. The zero-order chi connectivity index (χ0) is 12.4. The van der Waals surface area contributed by atoms with Crippen molar-refractivity contribution in [2.75, 3.05) is 7.11 Å². The standard InChI is InChI=1S/C12H10Br2O2S/c1-16-10-3-2-8(13)5-9(10)12(15)7-4-11(14)17-6-7/h2-6,12,15H,1H3. The Morgan fingerprint density at radius 1 is 1.29 bits per heavy atom. The van der Waals surface area contributed by atoms with Crippen LogP contribution in [0.5, 0.6) is 5.75 Å². The Hall–Kier alpha value is -0.360. The van der Waals surface area contributed by atoms with Gasteiger partial charge in [0.25, 0.3) is 0 Å². The molecule has 0 spiro atoms. The van der Waals surface area contributed by atoms with E-state index >= 15 is 0 Å².